The van der Waals surface area contributed by atoms with E-state index in [4.69, 9.17) is 0 Å². The first kappa shape index (κ1) is 20.6. The number of hydrogen-bond donors (Lipinski definition) is 2. The highest BCUT2D eigenvalue weighted by Gasteiger charge is 2.08. The average molecular weight is 411 g/mol. The molecule has 4 aromatic rings. The number of fused-ring (bicyclic) bond motifs is 1. The number of rotatable bonds is 7. The molecule has 5 nitrogen and oxygen atoms in total. The predicted molar refractivity (Wildman–Crippen MR) is 128 cm³/mol. The van der Waals surface area contributed by atoms with Crippen LogP contribution in [-0.2, 0) is 0 Å². The van der Waals surface area contributed by atoms with E-state index in [1.54, 1.807) is 6.20 Å². The van der Waals surface area contributed by atoms with Crippen molar-refractivity contribution in [1.82, 2.24) is 15.2 Å². The zero-order chi connectivity index (χ0) is 21.6. The van der Waals surface area contributed by atoms with Crippen LogP contribution in [0, 0.1) is 0 Å². The highest BCUT2D eigenvalue weighted by atomic mass is 16.1. The quantitative estimate of drug-likeness (QED) is 0.453. The fourth-order valence-corrected chi connectivity index (χ4v) is 3.44. The molecule has 1 amide bonds. The van der Waals surface area contributed by atoms with Crippen LogP contribution in [0.15, 0.2) is 85.2 Å². The maximum absolute atomic E-state index is 12.5. The molecule has 0 bridgehead atoms. The second-order valence-electron chi connectivity index (χ2n) is 7.79. The highest BCUT2D eigenvalue weighted by molar-refractivity contribution is 5.95. The molecule has 0 aliphatic heterocycles. The molecular weight excluding hydrogens is 384 g/mol. The van der Waals surface area contributed by atoms with Crippen molar-refractivity contribution in [2.75, 3.05) is 32.5 Å². The Hall–Kier alpha value is -3.70. The van der Waals surface area contributed by atoms with Gasteiger partial charge in [0.05, 0.1) is 11.9 Å². The largest absolute Gasteiger partial charge is 0.354 e. The molecule has 156 valence electrons. The lowest BCUT2D eigenvalue weighted by atomic mass is 10.0. The maximum atomic E-state index is 12.5. The van der Waals surface area contributed by atoms with Crippen molar-refractivity contribution in [2.24, 2.45) is 0 Å². The van der Waals surface area contributed by atoms with Gasteiger partial charge < -0.3 is 15.5 Å². The minimum Gasteiger partial charge on any atom is -0.354 e. The summed E-state index contributed by atoms with van der Waals surface area (Å²) in [6.07, 6.45) is 3.62. The number of amides is 1. The molecule has 1 heterocycles. The lowest BCUT2D eigenvalue weighted by Gasteiger charge is -2.12. The van der Waals surface area contributed by atoms with Crippen LogP contribution in [0.4, 0.5) is 11.4 Å². The van der Waals surface area contributed by atoms with Gasteiger partial charge in [-0.3, -0.25) is 9.78 Å². The third kappa shape index (κ3) is 5.27. The topological polar surface area (TPSA) is 57.3 Å². The van der Waals surface area contributed by atoms with Gasteiger partial charge in [0.25, 0.3) is 5.91 Å². The van der Waals surface area contributed by atoms with Gasteiger partial charge in [-0.1, -0.05) is 42.5 Å². The van der Waals surface area contributed by atoms with Crippen LogP contribution in [-0.4, -0.2) is 43.0 Å². The van der Waals surface area contributed by atoms with E-state index in [-0.39, 0.29) is 5.91 Å². The van der Waals surface area contributed by atoms with Crippen LogP contribution < -0.4 is 10.6 Å². The first-order chi connectivity index (χ1) is 15.1. The van der Waals surface area contributed by atoms with Gasteiger partial charge in [0.15, 0.2) is 0 Å². The van der Waals surface area contributed by atoms with Crippen molar-refractivity contribution >= 4 is 28.1 Å². The van der Waals surface area contributed by atoms with E-state index >= 15 is 0 Å². The van der Waals surface area contributed by atoms with E-state index in [1.807, 2.05) is 67.7 Å². The van der Waals surface area contributed by atoms with Crippen LogP contribution in [0.3, 0.4) is 0 Å². The smallest absolute Gasteiger partial charge is 0.251 e. The van der Waals surface area contributed by atoms with Gasteiger partial charge in [-0.15, -0.1) is 0 Å². The zero-order valence-electron chi connectivity index (χ0n) is 17.8. The number of benzene rings is 3. The number of carbonyl (C=O) groups excluding carboxylic acids is 1. The number of pyridine rings is 1. The summed E-state index contributed by atoms with van der Waals surface area (Å²) in [6.45, 7) is 1.42. The van der Waals surface area contributed by atoms with E-state index in [2.05, 4.69) is 45.9 Å². The molecule has 0 aliphatic carbocycles. The number of aromatic nitrogens is 1. The Balaban J connectivity index is 1.51. The maximum Gasteiger partial charge on any atom is 0.251 e. The van der Waals surface area contributed by atoms with E-state index < -0.39 is 0 Å². The summed E-state index contributed by atoms with van der Waals surface area (Å²) in [5, 5.41) is 8.79. The van der Waals surface area contributed by atoms with Gasteiger partial charge in [0, 0.05) is 36.1 Å². The highest BCUT2D eigenvalue weighted by Crippen LogP contribution is 2.26. The molecule has 0 radical (unpaired) electrons. The molecule has 0 atom stereocenters. The Morgan fingerprint density at radius 3 is 2.52 bits per heavy atom. The Kier molecular flexibility index (Phi) is 6.24. The molecule has 2 N–H and O–H groups in total. The van der Waals surface area contributed by atoms with E-state index in [0.29, 0.717) is 12.1 Å². The lowest BCUT2D eigenvalue weighted by Crippen LogP contribution is -2.31. The summed E-state index contributed by atoms with van der Waals surface area (Å²) < 4.78 is 0. The van der Waals surface area contributed by atoms with Crippen molar-refractivity contribution in [2.45, 2.75) is 0 Å². The van der Waals surface area contributed by atoms with Crippen LogP contribution in [0.25, 0.3) is 21.9 Å². The summed E-state index contributed by atoms with van der Waals surface area (Å²) in [4.78, 5) is 18.9. The van der Waals surface area contributed by atoms with Crippen LogP contribution in [0.5, 0.6) is 0 Å². The number of carbonyl (C=O) groups is 1. The van der Waals surface area contributed by atoms with Crippen LogP contribution in [0.1, 0.15) is 10.4 Å². The second kappa shape index (κ2) is 9.41. The Bertz CT molecular complexity index is 1200. The molecule has 0 fully saturated rings. The molecule has 0 saturated heterocycles. The molecular formula is C26H26N4O. The van der Waals surface area contributed by atoms with Crippen LogP contribution >= 0.6 is 0 Å². The molecule has 0 spiro atoms. The molecule has 0 saturated carbocycles. The normalized spacial score (nSPS) is 10.9. The number of likely N-dealkylation sites (N-methyl/N-ethyl adjacent to an activating group) is 1. The lowest BCUT2D eigenvalue weighted by molar-refractivity contribution is 0.0951. The number of nitrogens with zero attached hydrogens (tertiary/aromatic N) is 2. The van der Waals surface area contributed by atoms with Crippen molar-refractivity contribution < 1.29 is 4.79 Å². The minimum absolute atomic E-state index is 0.0675. The van der Waals surface area contributed by atoms with E-state index in [0.717, 1.165) is 29.0 Å². The van der Waals surface area contributed by atoms with E-state index in [9.17, 15) is 4.79 Å². The Morgan fingerprint density at radius 2 is 1.68 bits per heavy atom. The molecule has 3 aromatic carbocycles. The van der Waals surface area contributed by atoms with Gasteiger partial charge in [-0.2, -0.15) is 0 Å². The average Bonchev–Trinajstić information content (AvgIpc) is 2.79. The molecule has 1 aromatic heterocycles. The number of nitrogens with one attached hydrogen (secondary N) is 2. The number of hydrogen-bond acceptors (Lipinski definition) is 4. The van der Waals surface area contributed by atoms with Crippen molar-refractivity contribution in [3.63, 3.8) is 0 Å². The minimum atomic E-state index is -0.0675. The zero-order valence-corrected chi connectivity index (χ0v) is 17.8. The van der Waals surface area contributed by atoms with Gasteiger partial charge >= 0.3 is 0 Å². The summed E-state index contributed by atoms with van der Waals surface area (Å²) in [7, 11) is 3.97. The van der Waals surface area contributed by atoms with Gasteiger partial charge in [-0.05, 0) is 60.8 Å². The second-order valence-corrected chi connectivity index (χ2v) is 7.79. The third-order valence-electron chi connectivity index (χ3n) is 5.08. The predicted octanol–water partition coefficient (Wildman–Crippen LogP) is 4.94. The van der Waals surface area contributed by atoms with Gasteiger partial charge in [0.1, 0.15) is 0 Å². The molecule has 4 rings (SSSR count). The van der Waals surface area contributed by atoms with Gasteiger partial charge in [0.2, 0.25) is 0 Å². The SMILES string of the molecule is CN(C)CCNC(=O)c1cccc(-c2cncc(Nc3ccc4ccccc4c3)c2)c1. The molecule has 0 unspecified atom stereocenters. The van der Waals surface area contributed by atoms with Crippen molar-refractivity contribution in [1.29, 1.82) is 0 Å². The first-order valence-electron chi connectivity index (χ1n) is 10.3. The molecule has 31 heavy (non-hydrogen) atoms. The monoisotopic (exact) mass is 410 g/mol. The summed E-state index contributed by atoms with van der Waals surface area (Å²) in [5.41, 5.74) is 4.45. The molecule has 5 heteroatoms. The van der Waals surface area contributed by atoms with Gasteiger partial charge in [-0.25, -0.2) is 0 Å². The van der Waals surface area contributed by atoms with Crippen LogP contribution in [0.2, 0.25) is 0 Å². The summed E-state index contributed by atoms with van der Waals surface area (Å²) in [6, 6.07) is 24.3. The first-order valence-corrected chi connectivity index (χ1v) is 10.3. The molecule has 0 aliphatic rings. The third-order valence-corrected chi connectivity index (χ3v) is 5.08. The van der Waals surface area contributed by atoms with Crippen molar-refractivity contribution in [3.05, 3.63) is 90.8 Å². The van der Waals surface area contributed by atoms with Crippen molar-refractivity contribution in [3.8, 4) is 11.1 Å². The number of anilines is 2. The summed E-state index contributed by atoms with van der Waals surface area (Å²) >= 11 is 0. The fraction of sp³-hybridized carbons (Fsp3) is 0.154. The fourth-order valence-electron chi connectivity index (χ4n) is 3.44. The standard InChI is InChI=1S/C26H26N4O/c1-30(2)13-12-28-26(31)22-9-5-8-20(14-22)23-16-25(18-27-17-23)29-24-11-10-19-6-3-4-7-21(19)15-24/h3-11,14-18,29H,12-13H2,1-2H3,(H,28,31). The van der Waals surface area contributed by atoms with E-state index in [1.165, 1.54) is 10.8 Å². The Morgan fingerprint density at radius 1 is 0.839 bits per heavy atom. The Labute approximate surface area is 182 Å². The summed E-state index contributed by atoms with van der Waals surface area (Å²) in [5.74, 6) is -0.0675.